The van der Waals surface area contributed by atoms with Crippen LogP contribution in [0.4, 0.5) is 0 Å². The monoisotopic (exact) mass is 254 g/mol. The lowest BCUT2D eigenvalue weighted by molar-refractivity contribution is 0.104. The molecule has 96 valence electrons. The van der Waals surface area contributed by atoms with E-state index in [4.69, 9.17) is 10.00 Å². The lowest BCUT2D eigenvalue weighted by Crippen LogP contribution is -2.11. The molecule has 1 aliphatic heterocycles. The first-order valence-corrected chi connectivity index (χ1v) is 6.37. The van der Waals surface area contributed by atoms with Gasteiger partial charge in [-0.1, -0.05) is 35.5 Å². The van der Waals surface area contributed by atoms with Crippen LogP contribution < -0.4 is 0 Å². The van der Waals surface area contributed by atoms with Crippen molar-refractivity contribution in [3.63, 3.8) is 0 Å². The average molecular weight is 254 g/mol. The Balaban J connectivity index is 1.93. The third kappa shape index (κ3) is 2.35. The summed E-state index contributed by atoms with van der Waals surface area (Å²) in [7, 11) is 0. The Morgan fingerprint density at radius 1 is 1.37 bits per heavy atom. The quantitative estimate of drug-likeness (QED) is 0.841. The minimum Gasteiger partial charge on any atom is -0.372 e. The Morgan fingerprint density at radius 2 is 2.21 bits per heavy atom. The normalized spacial score (nSPS) is 18.4. The van der Waals surface area contributed by atoms with Gasteiger partial charge >= 0.3 is 0 Å². The Labute approximate surface area is 111 Å². The van der Waals surface area contributed by atoms with Crippen molar-refractivity contribution in [3.05, 3.63) is 47.3 Å². The van der Waals surface area contributed by atoms with Crippen molar-refractivity contribution in [1.82, 2.24) is 15.0 Å². The minimum absolute atomic E-state index is 0.0478. The minimum atomic E-state index is -0.0478. The number of rotatable bonds is 3. The zero-order chi connectivity index (χ0) is 13.1. The van der Waals surface area contributed by atoms with Crippen LogP contribution in [-0.4, -0.2) is 21.6 Å². The second-order valence-electron chi connectivity index (χ2n) is 4.58. The molecule has 0 amide bonds. The summed E-state index contributed by atoms with van der Waals surface area (Å²) < 4.78 is 7.45. The first kappa shape index (κ1) is 11.9. The van der Waals surface area contributed by atoms with Gasteiger partial charge in [-0.25, -0.2) is 4.68 Å². The molecule has 1 unspecified atom stereocenters. The summed E-state index contributed by atoms with van der Waals surface area (Å²) in [6.07, 6.45) is 1.90. The summed E-state index contributed by atoms with van der Waals surface area (Å²) in [5.74, 6) is 0. The van der Waals surface area contributed by atoms with Crippen molar-refractivity contribution in [2.24, 2.45) is 0 Å². The highest BCUT2D eigenvalue weighted by Gasteiger charge is 2.26. The fourth-order valence-corrected chi connectivity index (χ4v) is 2.39. The standard InChI is InChI=1S/C14H14N4O/c15-9-12-14(13-7-4-8-19-13)18(17-16-12)10-11-5-2-1-3-6-11/h1-3,5-6,13H,4,7-8,10H2. The smallest absolute Gasteiger partial charge is 0.188 e. The molecule has 2 heterocycles. The fourth-order valence-electron chi connectivity index (χ4n) is 2.39. The van der Waals surface area contributed by atoms with Gasteiger partial charge in [-0.2, -0.15) is 5.26 Å². The summed E-state index contributed by atoms with van der Waals surface area (Å²) in [4.78, 5) is 0. The molecule has 19 heavy (non-hydrogen) atoms. The largest absolute Gasteiger partial charge is 0.372 e. The van der Waals surface area contributed by atoms with E-state index in [1.54, 1.807) is 4.68 Å². The average Bonchev–Trinajstić information content (AvgIpc) is 3.08. The molecule has 5 heteroatoms. The third-order valence-corrected chi connectivity index (χ3v) is 3.29. The maximum absolute atomic E-state index is 9.14. The summed E-state index contributed by atoms with van der Waals surface area (Å²) >= 11 is 0. The molecule has 3 rings (SSSR count). The molecular formula is C14H14N4O. The van der Waals surface area contributed by atoms with Crippen molar-refractivity contribution in [2.45, 2.75) is 25.5 Å². The highest BCUT2D eigenvalue weighted by Crippen LogP contribution is 2.30. The first-order valence-electron chi connectivity index (χ1n) is 6.37. The lowest BCUT2D eigenvalue weighted by atomic mass is 10.1. The highest BCUT2D eigenvalue weighted by molar-refractivity contribution is 5.28. The second-order valence-corrected chi connectivity index (χ2v) is 4.58. The predicted octanol–water partition coefficient (Wildman–Crippen LogP) is 2.05. The molecule has 1 aliphatic rings. The van der Waals surface area contributed by atoms with E-state index >= 15 is 0 Å². The van der Waals surface area contributed by atoms with E-state index in [1.165, 1.54) is 0 Å². The maximum atomic E-state index is 9.14. The Bertz CT molecular complexity index is 594. The van der Waals surface area contributed by atoms with Crippen molar-refractivity contribution in [1.29, 1.82) is 5.26 Å². The number of hydrogen-bond acceptors (Lipinski definition) is 4. The number of ether oxygens (including phenoxy) is 1. The molecule has 1 saturated heterocycles. The molecule has 0 radical (unpaired) electrons. The van der Waals surface area contributed by atoms with Gasteiger partial charge in [-0.05, 0) is 18.4 Å². The molecule has 2 aromatic rings. The molecular weight excluding hydrogens is 240 g/mol. The number of aromatic nitrogens is 3. The Hall–Kier alpha value is -2.19. The zero-order valence-corrected chi connectivity index (χ0v) is 10.5. The van der Waals surface area contributed by atoms with E-state index in [0.29, 0.717) is 12.2 Å². The number of hydrogen-bond donors (Lipinski definition) is 0. The van der Waals surface area contributed by atoms with Crippen molar-refractivity contribution in [2.75, 3.05) is 6.61 Å². The Morgan fingerprint density at radius 3 is 2.89 bits per heavy atom. The molecule has 0 bridgehead atoms. The summed E-state index contributed by atoms with van der Waals surface area (Å²) in [5, 5.41) is 17.2. The number of benzene rings is 1. The molecule has 1 aromatic carbocycles. The predicted molar refractivity (Wildman–Crippen MR) is 68.2 cm³/mol. The lowest BCUT2D eigenvalue weighted by Gasteiger charge is -2.12. The molecule has 1 fully saturated rings. The molecule has 0 aliphatic carbocycles. The van der Waals surface area contributed by atoms with Crippen molar-refractivity contribution < 1.29 is 4.74 Å². The molecule has 0 spiro atoms. The topological polar surface area (TPSA) is 63.7 Å². The molecule has 0 N–H and O–H groups in total. The van der Waals surface area contributed by atoms with Gasteiger partial charge < -0.3 is 4.74 Å². The maximum Gasteiger partial charge on any atom is 0.188 e. The SMILES string of the molecule is N#Cc1nnn(Cc2ccccc2)c1C1CCCO1. The van der Waals surface area contributed by atoms with Crippen LogP contribution in [0.25, 0.3) is 0 Å². The number of nitrogens with zero attached hydrogens (tertiary/aromatic N) is 4. The molecule has 5 nitrogen and oxygen atoms in total. The van der Waals surface area contributed by atoms with E-state index in [0.717, 1.165) is 30.7 Å². The van der Waals surface area contributed by atoms with Gasteiger partial charge in [0, 0.05) is 6.61 Å². The van der Waals surface area contributed by atoms with Crippen LogP contribution in [0.1, 0.15) is 35.9 Å². The molecule has 1 aromatic heterocycles. The van der Waals surface area contributed by atoms with Crippen LogP contribution in [0.2, 0.25) is 0 Å². The van der Waals surface area contributed by atoms with Crippen LogP contribution in [-0.2, 0) is 11.3 Å². The van der Waals surface area contributed by atoms with E-state index in [-0.39, 0.29) is 6.10 Å². The van der Waals surface area contributed by atoms with Crippen LogP contribution in [0.3, 0.4) is 0 Å². The highest BCUT2D eigenvalue weighted by atomic mass is 16.5. The molecule has 0 saturated carbocycles. The van der Waals surface area contributed by atoms with Gasteiger partial charge in [0.15, 0.2) is 5.69 Å². The Kier molecular flexibility index (Phi) is 3.25. The van der Waals surface area contributed by atoms with Gasteiger partial charge in [-0.3, -0.25) is 0 Å². The van der Waals surface area contributed by atoms with Crippen LogP contribution in [0.5, 0.6) is 0 Å². The van der Waals surface area contributed by atoms with Crippen LogP contribution in [0.15, 0.2) is 30.3 Å². The van der Waals surface area contributed by atoms with Crippen LogP contribution >= 0.6 is 0 Å². The summed E-state index contributed by atoms with van der Waals surface area (Å²) in [6, 6.07) is 12.1. The van der Waals surface area contributed by atoms with Gasteiger partial charge in [0.25, 0.3) is 0 Å². The number of nitriles is 1. The van der Waals surface area contributed by atoms with Crippen LogP contribution in [0, 0.1) is 11.3 Å². The third-order valence-electron chi connectivity index (χ3n) is 3.29. The van der Waals surface area contributed by atoms with Gasteiger partial charge in [0.1, 0.15) is 17.9 Å². The second kappa shape index (κ2) is 5.21. The van der Waals surface area contributed by atoms with Gasteiger partial charge in [-0.15, -0.1) is 5.10 Å². The van der Waals surface area contributed by atoms with E-state index in [2.05, 4.69) is 16.4 Å². The van der Waals surface area contributed by atoms with Crippen molar-refractivity contribution in [3.8, 4) is 6.07 Å². The molecule has 1 atom stereocenters. The van der Waals surface area contributed by atoms with Crippen molar-refractivity contribution >= 4 is 0 Å². The summed E-state index contributed by atoms with van der Waals surface area (Å²) in [5.41, 5.74) is 2.32. The summed E-state index contributed by atoms with van der Waals surface area (Å²) in [6.45, 7) is 1.36. The van der Waals surface area contributed by atoms with E-state index in [9.17, 15) is 0 Å². The van der Waals surface area contributed by atoms with Gasteiger partial charge in [0.2, 0.25) is 0 Å². The van der Waals surface area contributed by atoms with E-state index in [1.807, 2.05) is 30.3 Å². The van der Waals surface area contributed by atoms with E-state index < -0.39 is 0 Å². The zero-order valence-electron chi connectivity index (χ0n) is 10.5. The first-order chi connectivity index (χ1) is 9.38. The van der Waals surface area contributed by atoms with Gasteiger partial charge in [0.05, 0.1) is 6.54 Å². The fraction of sp³-hybridized carbons (Fsp3) is 0.357.